The molecule has 37 nitrogen and oxygen atoms in total. The van der Waals surface area contributed by atoms with Gasteiger partial charge in [0.2, 0.25) is 17.8 Å². The van der Waals surface area contributed by atoms with Gasteiger partial charge in [0.15, 0.2) is 11.6 Å². The number of hydrogen-bond acceptors (Lipinski definition) is 29. The number of amides is 7. The number of nitrogens with one attached hydrogen (secondary N) is 6. The number of carboxylic acid groups (broad SMARTS) is 1. The van der Waals surface area contributed by atoms with Gasteiger partial charge in [0.25, 0.3) is 5.91 Å². The topological polar surface area (TPSA) is 464 Å². The van der Waals surface area contributed by atoms with Crippen molar-refractivity contribution in [2.45, 2.75) is 228 Å². The molecule has 37 heteroatoms. The molecule has 0 saturated carbocycles. The summed E-state index contributed by atoms with van der Waals surface area (Å²) in [4.78, 5) is 167. The molecule has 7 amide bonds. The number of nitrogens with two attached hydrogens (primary N) is 1. The maximum absolute atomic E-state index is 13.4. The van der Waals surface area contributed by atoms with Gasteiger partial charge in [0, 0.05) is 112 Å². The average molecular weight is 2050 g/mol. The molecule has 0 spiro atoms. The van der Waals surface area contributed by atoms with E-state index in [2.05, 4.69) is 61.8 Å². The van der Waals surface area contributed by atoms with Gasteiger partial charge in [0.1, 0.15) is 33.6 Å². The Hall–Kier alpha value is -16.5. The number of ether oxygens (including phenoxy) is 7. The summed E-state index contributed by atoms with van der Waals surface area (Å²) in [6.07, 6.45) is 9.44. The zero-order valence-electron chi connectivity index (χ0n) is 88.2. The van der Waals surface area contributed by atoms with E-state index in [4.69, 9.17) is 44.0 Å². The van der Waals surface area contributed by atoms with Crippen molar-refractivity contribution < 1.29 is 91.0 Å². The molecule has 0 fully saturated rings. The minimum Gasteiger partial charge on any atom is -0.478 e. The van der Waals surface area contributed by atoms with E-state index in [9.17, 15) is 52.7 Å². The molecule has 790 valence electrons. The van der Waals surface area contributed by atoms with E-state index in [0.29, 0.717) is 117 Å². The SMILES string of the molecule is CC(C)(C)OC(=O)N1CCC(=O)c2ccccc21.CC(C)(C)OC(=O)N1CCC(N)c2ccccc21.CC(C)(C)OC(=O)N1CCC(Nc2ncc(C(=O)O)cn2)c2ccccc21.CC(C)(C)OC(=O)Nc1ccc(-c2ccccc2)cc1NC(=O)c1cnc(NC2CCN(C(=O)OC(C)(C)C)c3ccccc32)nc1.CCOC(=O)c1cnc(NC2CCN(C(=O)OC(C)(C)C)c3ccccc32)nc1.O=C1CCNc2ccccc21. The molecule has 0 bridgehead atoms. The van der Waals surface area contributed by atoms with Gasteiger partial charge in [-0.2, -0.15) is 0 Å². The number of benzene rings is 8. The van der Waals surface area contributed by atoms with Gasteiger partial charge >= 0.3 is 48.5 Å². The molecule has 3 aromatic heterocycles. The highest BCUT2D eigenvalue weighted by Gasteiger charge is 2.39. The summed E-state index contributed by atoms with van der Waals surface area (Å²) in [5.74, 6) is -0.568. The quantitative estimate of drug-likeness (QED) is 0.0392. The zero-order valence-corrected chi connectivity index (χ0v) is 88.2. The third kappa shape index (κ3) is 32.0. The van der Waals surface area contributed by atoms with Crippen LogP contribution in [0.15, 0.2) is 231 Å². The Morgan fingerprint density at radius 3 is 1.12 bits per heavy atom. The summed E-state index contributed by atoms with van der Waals surface area (Å²) in [5.41, 5.74) is 15.8. The molecule has 17 rings (SSSR count). The number of para-hydroxylation sites is 6. The van der Waals surface area contributed by atoms with Crippen molar-refractivity contribution >= 4 is 129 Å². The highest BCUT2D eigenvalue weighted by Crippen LogP contribution is 2.42. The van der Waals surface area contributed by atoms with Crippen molar-refractivity contribution in [2.24, 2.45) is 5.73 Å². The second-order valence-corrected chi connectivity index (χ2v) is 41.7. The number of nitrogens with zero attached hydrogens (tertiary/aromatic N) is 11. The molecule has 8 aromatic carbocycles. The summed E-state index contributed by atoms with van der Waals surface area (Å²) in [6, 6.07) is 60.2. The maximum Gasteiger partial charge on any atom is 0.414 e. The smallest absolute Gasteiger partial charge is 0.414 e. The van der Waals surface area contributed by atoms with E-state index in [-0.39, 0.29) is 65.1 Å². The molecule has 9 N–H and O–H groups in total. The van der Waals surface area contributed by atoms with Crippen LogP contribution in [0.25, 0.3) is 11.1 Å². The number of fused-ring (bicyclic) bond motifs is 6. The molecule has 4 atom stereocenters. The van der Waals surface area contributed by atoms with Crippen LogP contribution < -0.4 is 62.1 Å². The molecule has 4 unspecified atom stereocenters. The molecule has 150 heavy (non-hydrogen) atoms. The lowest BCUT2D eigenvalue weighted by Crippen LogP contribution is -2.41. The van der Waals surface area contributed by atoms with Crippen LogP contribution in [-0.2, 0) is 33.2 Å². The van der Waals surface area contributed by atoms with Crippen molar-refractivity contribution in [3.63, 3.8) is 0 Å². The first-order valence-electron chi connectivity index (χ1n) is 49.7. The summed E-state index contributed by atoms with van der Waals surface area (Å²) in [6.45, 7) is 38.2. The Labute approximate surface area is 873 Å². The number of ketones is 2. The van der Waals surface area contributed by atoms with Crippen molar-refractivity contribution in [3.8, 4) is 11.1 Å². The van der Waals surface area contributed by atoms with Gasteiger partial charge in [-0.15, -0.1) is 0 Å². The number of rotatable bonds is 13. The highest BCUT2D eigenvalue weighted by molar-refractivity contribution is 6.09. The summed E-state index contributed by atoms with van der Waals surface area (Å²) < 4.78 is 37.8. The molecule has 0 saturated heterocycles. The van der Waals surface area contributed by atoms with Crippen LogP contribution in [0.3, 0.4) is 0 Å². The molecule has 0 radical (unpaired) electrons. The zero-order chi connectivity index (χ0) is 109. The Morgan fingerprint density at radius 1 is 0.367 bits per heavy atom. The standard InChI is InChI=1S/C36H40N6O5.C21H26N4O4.C19H22N4O4.C14H20N2O2.C14H17NO3.C9H9NO/c1-35(2,3)46-33(44)41-28-17-16-24(23-12-8-7-9-13-23)20-29(28)39-31(43)25-21-37-32(38-22-25)40-27-18-19-42(34(45)47-36(4,5)6)30-15-11-10-14-26(27)30;1-5-28-18(26)14-12-22-19(23-13-14)24-16-10-11-25(20(27)29-21(2,3)4)17-9-7-6-8-15(16)17;1-19(2,3)27-18(26)23-9-8-14(13-6-4-5-7-15(13)23)22-17-20-10-12(11-21-17)16(24)25;1-14(2,3)18-13(17)16-9-8-11(15)10-6-4-5-7-12(10)16;1-14(2,3)18-13(17)15-9-8-12(16)10-6-4-5-7-11(10)15;11-9-5-6-10-8-4-2-1-3-7(8)9/h7-17,20-22,27H,18-19H2,1-6H3,(H,39,43)(H,41,44)(H,37,38,40);6-9,12-13,16H,5,10-11H2,1-4H3,(H,22,23,24);4-7,10-11,14H,8-9H2,1-3H3,(H,24,25)(H,20,21,22);4-7,11H,8-9,15H2,1-3H3;4-7H,8-9H2,1-3H3;1-4,10H,5-6H2. The Kier molecular flexibility index (Phi) is 36.9. The third-order valence-corrected chi connectivity index (χ3v) is 22.9. The lowest BCUT2D eigenvalue weighted by atomic mass is 9.96. The van der Waals surface area contributed by atoms with Crippen LogP contribution in [0.1, 0.15) is 268 Å². The summed E-state index contributed by atoms with van der Waals surface area (Å²) in [7, 11) is 0. The molecule has 11 aromatic rings. The van der Waals surface area contributed by atoms with Crippen molar-refractivity contribution in [1.82, 2.24) is 29.9 Å². The number of hydrogen-bond donors (Lipinski definition) is 8. The Morgan fingerprint density at radius 2 is 0.713 bits per heavy atom. The molecular formula is C113H134N18O19. The van der Waals surface area contributed by atoms with Crippen LogP contribution in [0.4, 0.5) is 92.1 Å². The van der Waals surface area contributed by atoms with Gasteiger partial charge in [0.05, 0.1) is 81.2 Å². The number of aromatic nitrogens is 6. The van der Waals surface area contributed by atoms with E-state index >= 15 is 0 Å². The fourth-order valence-electron chi connectivity index (χ4n) is 16.4. The fourth-order valence-corrected chi connectivity index (χ4v) is 16.4. The number of carboxylic acids is 1. The lowest BCUT2D eigenvalue weighted by molar-refractivity contribution is 0.0519. The molecule has 0 aliphatic carbocycles. The largest absolute Gasteiger partial charge is 0.478 e. The van der Waals surface area contributed by atoms with Gasteiger partial charge in [-0.05, 0) is 251 Å². The highest BCUT2D eigenvalue weighted by atomic mass is 16.6. The van der Waals surface area contributed by atoms with Crippen LogP contribution in [-0.4, -0.2) is 180 Å². The van der Waals surface area contributed by atoms with Gasteiger partial charge in [-0.25, -0.2) is 68.3 Å². The number of carbonyl (C=O) groups excluding carboxylic acids is 10. The maximum atomic E-state index is 13.4. The van der Waals surface area contributed by atoms with E-state index in [0.717, 1.165) is 80.3 Å². The lowest BCUT2D eigenvalue weighted by Gasteiger charge is -2.35. The predicted molar refractivity (Wildman–Crippen MR) is 576 cm³/mol. The van der Waals surface area contributed by atoms with E-state index in [1.165, 1.54) is 42.1 Å². The third-order valence-electron chi connectivity index (χ3n) is 22.9. The van der Waals surface area contributed by atoms with Crippen molar-refractivity contribution in [3.05, 3.63) is 281 Å². The average Bonchev–Trinajstić information content (AvgIpc) is 0.801. The molecule has 6 aliphatic rings. The number of esters is 1. The van der Waals surface area contributed by atoms with E-state index in [1.807, 2.05) is 268 Å². The first-order valence-corrected chi connectivity index (χ1v) is 49.7. The van der Waals surface area contributed by atoms with Crippen LogP contribution in [0.2, 0.25) is 0 Å². The van der Waals surface area contributed by atoms with Gasteiger partial charge in [-0.3, -0.25) is 44.2 Å². The minimum atomic E-state index is -1.07. The van der Waals surface area contributed by atoms with Gasteiger partial charge < -0.3 is 70.6 Å². The van der Waals surface area contributed by atoms with E-state index < -0.39 is 69.7 Å². The first-order chi connectivity index (χ1) is 70.9. The first kappa shape index (κ1) is 112. The predicted octanol–water partition coefficient (Wildman–Crippen LogP) is 23.0. The number of carbonyl (C=O) groups is 11. The minimum absolute atomic E-state index is 0.000105. The number of Topliss-reactive ketones (excluding diaryl/α,β-unsaturated/α-hetero) is 2. The monoisotopic (exact) mass is 2050 g/mol. The summed E-state index contributed by atoms with van der Waals surface area (Å²) >= 11 is 0. The molecule has 9 heterocycles. The fraction of sp³-hybridized carbons (Fsp3) is 0.372. The Balaban J connectivity index is 0.000000169. The van der Waals surface area contributed by atoms with E-state index in [1.54, 1.807) is 77.6 Å². The molecular weight excluding hydrogens is 1910 g/mol. The number of anilines is 11. The van der Waals surface area contributed by atoms with Crippen LogP contribution in [0, 0.1) is 0 Å². The van der Waals surface area contributed by atoms with Crippen molar-refractivity contribution in [1.29, 1.82) is 0 Å². The second kappa shape index (κ2) is 49.4. The normalized spacial score (nSPS) is 15.9. The summed E-state index contributed by atoms with van der Waals surface area (Å²) in [5, 5.41) is 27.6. The Bertz CT molecular complexity index is 6610. The van der Waals surface area contributed by atoms with Gasteiger partial charge in [-0.1, -0.05) is 133 Å². The second-order valence-electron chi connectivity index (χ2n) is 41.7. The van der Waals surface area contributed by atoms with Crippen molar-refractivity contribution in [2.75, 3.05) is 102 Å². The van der Waals surface area contributed by atoms with Crippen LogP contribution in [0.5, 0.6) is 0 Å². The van der Waals surface area contributed by atoms with Crippen LogP contribution >= 0.6 is 0 Å². The number of aromatic carboxylic acids is 1. The molecule has 6 aliphatic heterocycles.